The van der Waals surface area contributed by atoms with Gasteiger partial charge in [0.25, 0.3) is 11.8 Å². The lowest BCUT2D eigenvalue weighted by atomic mass is 10.0. The molecule has 1 heterocycles. The average Bonchev–Trinajstić information content (AvgIpc) is 3.07. The average molecular weight is 326 g/mol. The molecule has 0 bridgehead atoms. The van der Waals surface area contributed by atoms with Gasteiger partial charge in [-0.3, -0.25) is 20.4 Å². The topological polar surface area (TPSA) is 76.7 Å². The van der Waals surface area contributed by atoms with E-state index in [2.05, 4.69) is 24.7 Å². The van der Waals surface area contributed by atoms with E-state index in [0.717, 1.165) is 5.56 Å². The molecule has 0 aliphatic carbocycles. The van der Waals surface area contributed by atoms with Crippen LogP contribution in [0.15, 0.2) is 42.5 Å². The Kier molecular flexibility index (Phi) is 4.37. The van der Waals surface area contributed by atoms with Crippen LogP contribution in [0.1, 0.15) is 46.0 Å². The summed E-state index contributed by atoms with van der Waals surface area (Å²) in [5, 5.41) is 0. The van der Waals surface area contributed by atoms with Crippen LogP contribution in [0.25, 0.3) is 0 Å². The fraction of sp³-hybridized carbons (Fsp3) is 0.222. The van der Waals surface area contributed by atoms with E-state index in [1.54, 1.807) is 30.3 Å². The molecule has 3 rings (SSSR count). The second-order valence-corrected chi connectivity index (χ2v) is 5.75. The second-order valence-electron chi connectivity index (χ2n) is 5.75. The number of hydrogen-bond acceptors (Lipinski definition) is 4. The SMILES string of the molecule is CC(C)c1ccc(C(=O)NNC(=O)c2ccc3c(c2)OCO3)cc1. The molecule has 1 aliphatic heterocycles. The van der Waals surface area contributed by atoms with Gasteiger partial charge in [0.15, 0.2) is 11.5 Å². The summed E-state index contributed by atoms with van der Waals surface area (Å²) < 4.78 is 10.4. The number of carbonyl (C=O) groups is 2. The van der Waals surface area contributed by atoms with E-state index >= 15 is 0 Å². The van der Waals surface area contributed by atoms with E-state index in [1.807, 2.05) is 12.1 Å². The minimum absolute atomic E-state index is 0.142. The normalized spacial score (nSPS) is 12.1. The number of hydrogen-bond donors (Lipinski definition) is 2. The van der Waals surface area contributed by atoms with Gasteiger partial charge in [-0.2, -0.15) is 0 Å². The van der Waals surface area contributed by atoms with Crippen molar-refractivity contribution in [2.75, 3.05) is 6.79 Å². The maximum atomic E-state index is 12.1. The predicted molar refractivity (Wildman–Crippen MR) is 88.0 cm³/mol. The summed E-state index contributed by atoms with van der Waals surface area (Å²) in [4.78, 5) is 24.2. The molecule has 0 spiro atoms. The molecule has 0 atom stereocenters. The van der Waals surface area contributed by atoms with E-state index in [-0.39, 0.29) is 12.7 Å². The van der Waals surface area contributed by atoms with Crippen molar-refractivity contribution >= 4 is 11.8 Å². The molecule has 0 radical (unpaired) electrons. The summed E-state index contributed by atoms with van der Waals surface area (Å²) in [5.74, 6) is 0.701. The lowest BCUT2D eigenvalue weighted by Gasteiger charge is -2.09. The van der Waals surface area contributed by atoms with Crippen LogP contribution in [0, 0.1) is 0 Å². The van der Waals surface area contributed by atoms with Gasteiger partial charge in [-0.15, -0.1) is 0 Å². The number of ether oxygens (including phenoxy) is 2. The van der Waals surface area contributed by atoms with Gasteiger partial charge < -0.3 is 9.47 Å². The predicted octanol–water partition coefficient (Wildman–Crippen LogP) is 2.61. The molecule has 0 saturated heterocycles. The third-order valence-corrected chi connectivity index (χ3v) is 3.76. The van der Waals surface area contributed by atoms with Gasteiger partial charge in [-0.25, -0.2) is 0 Å². The van der Waals surface area contributed by atoms with Crippen molar-refractivity contribution in [3.8, 4) is 11.5 Å². The molecule has 124 valence electrons. The van der Waals surface area contributed by atoms with Crippen molar-refractivity contribution in [3.63, 3.8) is 0 Å². The number of rotatable bonds is 3. The highest BCUT2D eigenvalue weighted by Gasteiger charge is 2.16. The van der Waals surface area contributed by atoms with Crippen molar-refractivity contribution in [3.05, 3.63) is 59.2 Å². The summed E-state index contributed by atoms with van der Waals surface area (Å²) in [7, 11) is 0. The maximum absolute atomic E-state index is 12.1. The first-order chi connectivity index (χ1) is 11.5. The Morgan fingerprint density at radius 2 is 1.46 bits per heavy atom. The van der Waals surface area contributed by atoms with E-state index in [1.165, 1.54) is 0 Å². The van der Waals surface area contributed by atoms with Crippen LogP contribution in [0.2, 0.25) is 0 Å². The standard InChI is InChI=1S/C18H18N2O4/c1-11(2)12-3-5-13(6-4-12)17(21)19-20-18(22)14-7-8-15-16(9-14)24-10-23-15/h3-9,11H,10H2,1-2H3,(H,19,21)(H,20,22). The molecule has 0 saturated carbocycles. The molecule has 0 unspecified atom stereocenters. The van der Waals surface area contributed by atoms with Crippen molar-refractivity contribution in [2.24, 2.45) is 0 Å². The summed E-state index contributed by atoms with van der Waals surface area (Å²) in [6, 6.07) is 12.1. The summed E-state index contributed by atoms with van der Waals surface area (Å²) in [6.07, 6.45) is 0. The van der Waals surface area contributed by atoms with E-state index < -0.39 is 5.91 Å². The largest absolute Gasteiger partial charge is 0.454 e. The van der Waals surface area contributed by atoms with Gasteiger partial charge in [0, 0.05) is 11.1 Å². The highest BCUT2D eigenvalue weighted by atomic mass is 16.7. The van der Waals surface area contributed by atoms with Crippen LogP contribution in [0.5, 0.6) is 11.5 Å². The minimum atomic E-state index is -0.430. The Labute approximate surface area is 139 Å². The molecule has 2 aromatic rings. The van der Waals surface area contributed by atoms with Gasteiger partial charge >= 0.3 is 0 Å². The molecule has 0 fully saturated rings. The number of amides is 2. The highest BCUT2D eigenvalue weighted by Crippen LogP contribution is 2.32. The smallest absolute Gasteiger partial charge is 0.269 e. The fourth-order valence-corrected chi connectivity index (χ4v) is 2.32. The molecule has 2 amide bonds. The van der Waals surface area contributed by atoms with Crippen LogP contribution >= 0.6 is 0 Å². The molecule has 24 heavy (non-hydrogen) atoms. The lowest BCUT2D eigenvalue weighted by Crippen LogP contribution is -2.41. The zero-order valence-electron chi connectivity index (χ0n) is 13.5. The highest BCUT2D eigenvalue weighted by molar-refractivity contribution is 5.99. The zero-order valence-corrected chi connectivity index (χ0v) is 13.5. The number of fused-ring (bicyclic) bond motifs is 1. The Bertz CT molecular complexity index is 769. The van der Waals surface area contributed by atoms with E-state index in [0.29, 0.717) is 28.5 Å². The van der Waals surface area contributed by atoms with E-state index in [4.69, 9.17) is 9.47 Å². The van der Waals surface area contributed by atoms with Gasteiger partial charge in [-0.1, -0.05) is 26.0 Å². The molecule has 2 aromatic carbocycles. The maximum Gasteiger partial charge on any atom is 0.269 e. The van der Waals surface area contributed by atoms with Crippen LogP contribution < -0.4 is 20.3 Å². The summed E-state index contributed by atoms with van der Waals surface area (Å²) in [6.45, 7) is 4.31. The van der Waals surface area contributed by atoms with Gasteiger partial charge in [-0.05, 0) is 41.8 Å². The van der Waals surface area contributed by atoms with Crippen LogP contribution in [-0.2, 0) is 0 Å². The number of nitrogens with one attached hydrogen (secondary N) is 2. The summed E-state index contributed by atoms with van der Waals surface area (Å²) in [5.41, 5.74) is 6.79. The first-order valence-corrected chi connectivity index (χ1v) is 7.65. The number of hydrazine groups is 1. The van der Waals surface area contributed by atoms with Gasteiger partial charge in [0.2, 0.25) is 6.79 Å². The quantitative estimate of drug-likeness (QED) is 0.850. The zero-order chi connectivity index (χ0) is 17.1. The molecule has 6 nitrogen and oxygen atoms in total. The molecular formula is C18H18N2O4. The van der Waals surface area contributed by atoms with Crippen molar-refractivity contribution in [2.45, 2.75) is 19.8 Å². The molecule has 6 heteroatoms. The second kappa shape index (κ2) is 6.62. The molecular weight excluding hydrogens is 308 g/mol. The van der Waals surface area contributed by atoms with Gasteiger partial charge in [0.05, 0.1) is 0 Å². The van der Waals surface area contributed by atoms with E-state index in [9.17, 15) is 9.59 Å². The third kappa shape index (κ3) is 3.32. The Balaban J connectivity index is 1.60. The first kappa shape index (κ1) is 15.9. The molecule has 2 N–H and O–H groups in total. The molecule has 0 aromatic heterocycles. The number of carbonyl (C=O) groups excluding carboxylic acids is 2. The first-order valence-electron chi connectivity index (χ1n) is 7.65. The Hall–Kier alpha value is -3.02. The van der Waals surface area contributed by atoms with Gasteiger partial charge in [0.1, 0.15) is 0 Å². The monoisotopic (exact) mass is 326 g/mol. The Morgan fingerprint density at radius 3 is 2.12 bits per heavy atom. The minimum Gasteiger partial charge on any atom is -0.454 e. The van der Waals surface area contributed by atoms with Crippen molar-refractivity contribution in [1.82, 2.24) is 10.9 Å². The van der Waals surface area contributed by atoms with Crippen LogP contribution in [-0.4, -0.2) is 18.6 Å². The van der Waals surface area contributed by atoms with Crippen LogP contribution in [0.4, 0.5) is 0 Å². The molecule has 1 aliphatic rings. The lowest BCUT2D eigenvalue weighted by molar-refractivity contribution is 0.0846. The summed E-state index contributed by atoms with van der Waals surface area (Å²) >= 11 is 0. The number of benzene rings is 2. The third-order valence-electron chi connectivity index (χ3n) is 3.76. The van der Waals surface area contributed by atoms with Crippen LogP contribution in [0.3, 0.4) is 0 Å². The van der Waals surface area contributed by atoms with Crippen molar-refractivity contribution < 1.29 is 19.1 Å². The fourth-order valence-electron chi connectivity index (χ4n) is 2.32. The Morgan fingerprint density at radius 1 is 0.875 bits per heavy atom. The van der Waals surface area contributed by atoms with Crippen molar-refractivity contribution in [1.29, 1.82) is 0 Å².